The number of rotatable bonds is 103. The maximum atomic E-state index is 6.96. The van der Waals surface area contributed by atoms with E-state index in [-0.39, 0.29) is 0 Å². The summed E-state index contributed by atoms with van der Waals surface area (Å²) in [5.74, 6) is 18.6. The number of hydrogen-bond donors (Lipinski definition) is 0. The monoisotopic (exact) mass is 1880 g/mol. The number of nitrogens with zero attached hydrogens (tertiary/aromatic N) is 2. The molecule has 0 fully saturated rings. The number of pyridine rings is 2. The van der Waals surface area contributed by atoms with Gasteiger partial charge in [-0.05, 0) is 87.1 Å². The van der Waals surface area contributed by atoms with Gasteiger partial charge in [0.15, 0.2) is 23.0 Å². The first-order valence-electron chi connectivity index (χ1n) is 60.6. The molecule has 0 N–H and O–H groups in total. The lowest BCUT2D eigenvalue weighted by Crippen LogP contribution is -2.07. The van der Waals surface area contributed by atoms with Gasteiger partial charge in [-0.3, -0.25) is 9.97 Å². The number of benzene rings is 2. The zero-order valence-electron chi connectivity index (χ0n) is 91.0. The Kier molecular flexibility index (Phi) is 87.8. The van der Waals surface area contributed by atoms with E-state index in [0.717, 1.165) is 121 Å². The van der Waals surface area contributed by atoms with Crippen molar-refractivity contribution in [3.63, 3.8) is 0 Å². The Labute approximate surface area is 844 Å². The van der Waals surface area contributed by atoms with Gasteiger partial charge in [-0.25, -0.2) is 0 Å². The van der Waals surface area contributed by atoms with E-state index in [1.165, 1.54) is 514 Å². The van der Waals surface area contributed by atoms with Crippen molar-refractivity contribution < 1.29 is 28.4 Å². The lowest BCUT2D eigenvalue weighted by atomic mass is 10.0. The summed E-state index contributed by atoms with van der Waals surface area (Å²) in [6.45, 7) is 17.7. The Balaban J connectivity index is 1.55. The predicted molar refractivity (Wildman–Crippen MR) is 595 cm³/mol. The van der Waals surface area contributed by atoms with Gasteiger partial charge in [0.05, 0.1) is 62.2 Å². The topological polar surface area (TPSA) is 81.2 Å². The molecule has 2 aromatic carbocycles. The van der Waals surface area contributed by atoms with Crippen LogP contribution in [0.5, 0.6) is 34.5 Å². The quantitative estimate of drug-likeness (QED) is 0.0319. The second-order valence-electron chi connectivity index (χ2n) is 41.7. The molecule has 0 radical (unpaired) electrons. The van der Waals surface area contributed by atoms with Crippen molar-refractivity contribution >= 4 is 0 Å². The first kappa shape index (κ1) is 123. The Morgan fingerprint density at radius 2 is 0.309 bits per heavy atom. The van der Waals surface area contributed by atoms with Crippen LogP contribution in [0.25, 0.3) is 11.4 Å². The van der Waals surface area contributed by atoms with Crippen LogP contribution in [0.2, 0.25) is 0 Å². The van der Waals surface area contributed by atoms with Crippen molar-refractivity contribution in [2.24, 2.45) is 0 Å². The van der Waals surface area contributed by atoms with E-state index in [0.29, 0.717) is 51.1 Å². The lowest BCUT2D eigenvalue weighted by Gasteiger charge is -2.19. The van der Waals surface area contributed by atoms with Crippen LogP contribution in [0.4, 0.5) is 0 Å². The molecule has 0 bridgehead atoms. The van der Waals surface area contributed by atoms with Gasteiger partial charge in [0, 0.05) is 23.5 Å². The highest BCUT2D eigenvalue weighted by Crippen LogP contribution is 2.43. The van der Waals surface area contributed by atoms with Crippen LogP contribution in [0.3, 0.4) is 0 Å². The van der Waals surface area contributed by atoms with Crippen molar-refractivity contribution in [2.75, 3.05) is 39.6 Å². The minimum Gasteiger partial charge on any atom is -0.490 e. The number of ether oxygens (including phenoxy) is 6. The molecule has 0 saturated carbocycles. The maximum Gasteiger partial charge on any atom is 0.204 e. The van der Waals surface area contributed by atoms with Crippen molar-refractivity contribution in [1.82, 2.24) is 9.97 Å². The smallest absolute Gasteiger partial charge is 0.204 e. The largest absolute Gasteiger partial charge is 0.490 e. The second-order valence-corrected chi connectivity index (χ2v) is 41.7. The molecule has 8 nitrogen and oxygen atoms in total. The molecule has 0 aliphatic rings. The SMILES string of the molecule is CCCCCCCCCCCCCCCCCOc1ccc(C#Cc2ccc(-c3ccc(C#Cc4ccc(OCCCCCCCCCCCCCCCCC)c(OCCCCCCCCCCCCCCCCC)c4OCCCCCCCCCCCCCCCCC)cn3)nc2)c(OCCCCCCCCCCCCCCCCC)c1OCCCCCCCCCCCCCCCCC. The molecule has 0 saturated heterocycles. The summed E-state index contributed by atoms with van der Waals surface area (Å²) in [6.07, 6.45) is 124. The van der Waals surface area contributed by atoms with Crippen LogP contribution in [-0.2, 0) is 0 Å². The zero-order chi connectivity index (χ0) is 96.4. The number of unbranched alkanes of at least 4 members (excludes halogenated alkanes) is 84. The van der Waals surface area contributed by atoms with Crippen molar-refractivity contribution in [1.29, 1.82) is 0 Å². The number of hydrogen-bond acceptors (Lipinski definition) is 8. The Morgan fingerprint density at radius 1 is 0.154 bits per heavy atom. The normalized spacial score (nSPS) is 11.4. The fourth-order valence-corrected chi connectivity index (χ4v) is 19.5. The van der Waals surface area contributed by atoms with Crippen LogP contribution >= 0.6 is 0 Å². The van der Waals surface area contributed by atoms with Gasteiger partial charge in [0.2, 0.25) is 11.5 Å². The van der Waals surface area contributed by atoms with Gasteiger partial charge >= 0.3 is 0 Å². The van der Waals surface area contributed by atoms with E-state index in [9.17, 15) is 0 Å². The van der Waals surface area contributed by atoms with Crippen LogP contribution in [0.15, 0.2) is 60.9 Å². The minimum absolute atomic E-state index is 0.616. The lowest BCUT2D eigenvalue weighted by molar-refractivity contribution is 0.234. The Bertz CT molecular complexity index is 3100. The summed E-state index contributed by atoms with van der Waals surface area (Å²) < 4.78 is 41.3. The molecule has 2 aromatic heterocycles. The minimum atomic E-state index is 0.616. The van der Waals surface area contributed by atoms with Crippen LogP contribution < -0.4 is 28.4 Å². The van der Waals surface area contributed by atoms with E-state index in [1.54, 1.807) is 0 Å². The highest BCUT2D eigenvalue weighted by molar-refractivity contribution is 5.64. The maximum absolute atomic E-state index is 6.96. The average Bonchev–Trinajstić information content (AvgIpc) is 0.853. The van der Waals surface area contributed by atoms with E-state index >= 15 is 0 Å². The summed E-state index contributed by atoms with van der Waals surface area (Å²) in [6, 6.07) is 16.6. The van der Waals surface area contributed by atoms with Crippen molar-refractivity contribution in [3.05, 3.63) is 83.2 Å². The molecule has 0 atom stereocenters. The molecule has 778 valence electrons. The van der Waals surface area contributed by atoms with Gasteiger partial charge in [-0.2, -0.15) is 0 Å². The third-order valence-corrected chi connectivity index (χ3v) is 28.6. The Morgan fingerprint density at radius 3 is 0.471 bits per heavy atom. The molecule has 0 unspecified atom stereocenters. The highest BCUT2D eigenvalue weighted by Gasteiger charge is 2.21. The molecule has 4 rings (SSSR count). The highest BCUT2D eigenvalue weighted by atomic mass is 16.5. The molecular weight excluding hydrogens is 1660 g/mol. The standard InChI is InChI=1S/C128H220N2O6/c1-7-13-19-25-31-37-43-49-55-61-67-73-79-85-91-109-131-123-107-103-119(125(133-111-93-87-81-75-69-63-57-51-45-39-33-27-21-15-9-3)127(123)135-113-95-89-83-77-71-65-59-53-47-41-35-29-23-17-11-5)101-97-117-99-105-121(129-115-117)122-106-100-118(116-130-122)98-102-120-104-108-124(132-110-92-86-80-74-68-62-56-50-44-38-32-26-20-14-8-2)128(136-114-96-90-84-78-72-66-60-54-48-42-36-30-24-18-12-6)126(120)134-112-94-88-82-76-70-64-58-52-46-40-34-28-22-16-10-4/h99-100,103-108,115-116H,7-96,109-114H2,1-6H3. The van der Waals surface area contributed by atoms with Crippen LogP contribution in [0.1, 0.15) is 642 Å². The first-order valence-corrected chi connectivity index (χ1v) is 60.6. The first-order chi connectivity index (χ1) is 67.6. The molecule has 136 heavy (non-hydrogen) atoms. The molecule has 4 aromatic rings. The summed E-state index contributed by atoms with van der Waals surface area (Å²) >= 11 is 0. The van der Waals surface area contributed by atoms with E-state index in [1.807, 2.05) is 24.5 Å². The summed E-state index contributed by atoms with van der Waals surface area (Å²) in [5.41, 5.74) is 4.86. The summed E-state index contributed by atoms with van der Waals surface area (Å²) in [4.78, 5) is 9.98. The molecule has 2 heterocycles. The fourth-order valence-electron chi connectivity index (χ4n) is 19.5. The van der Waals surface area contributed by atoms with E-state index in [2.05, 4.69) is 102 Å². The molecule has 0 amide bonds. The molecule has 0 aliphatic heterocycles. The second kappa shape index (κ2) is 97.1. The zero-order valence-corrected chi connectivity index (χ0v) is 91.0. The van der Waals surface area contributed by atoms with Gasteiger partial charge < -0.3 is 28.4 Å². The third kappa shape index (κ3) is 72.0. The molecule has 0 aliphatic carbocycles. The van der Waals surface area contributed by atoms with E-state index < -0.39 is 0 Å². The average molecular weight is 1880 g/mol. The molecule has 8 heteroatoms. The van der Waals surface area contributed by atoms with Crippen molar-refractivity contribution in [3.8, 4) is 69.6 Å². The van der Waals surface area contributed by atoms with Gasteiger partial charge in [0.25, 0.3) is 0 Å². The third-order valence-electron chi connectivity index (χ3n) is 28.6. The van der Waals surface area contributed by atoms with Crippen LogP contribution in [0, 0.1) is 23.7 Å². The summed E-state index contributed by atoms with van der Waals surface area (Å²) in [7, 11) is 0. The number of aromatic nitrogens is 2. The van der Waals surface area contributed by atoms with Crippen molar-refractivity contribution in [2.45, 2.75) is 619 Å². The summed E-state index contributed by atoms with van der Waals surface area (Å²) in [5, 5.41) is 0. The van der Waals surface area contributed by atoms with Gasteiger partial charge in [-0.15, -0.1) is 0 Å². The van der Waals surface area contributed by atoms with E-state index in [4.69, 9.17) is 38.4 Å². The molecule has 0 spiro atoms. The predicted octanol–water partition coefficient (Wildman–Crippen LogP) is 42.4. The van der Waals surface area contributed by atoms with Gasteiger partial charge in [0.1, 0.15) is 0 Å². The Hall–Kier alpha value is -5.34. The van der Waals surface area contributed by atoms with Crippen LogP contribution in [-0.4, -0.2) is 49.6 Å². The fraction of sp³-hybridized carbons (Fsp3) is 0.797. The van der Waals surface area contributed by atoms with Gasteiger partial charge in [-0.1, -0.05) is 605 Å². The molecular formula is C128H220N2O6.